The molecule has 0 aromatic rings. The maximum absolute atomic E-state index is 13.1. The summed E-state index contributed by atoms with van der Waals surface area (Å²) in [5.74, 6) is -8.84. The molecule has 22 heavy (non-hydrogen) atoms. The lowest BCUT2D eigenvalue weighted by molar-refractivity contribution is -0.832. The summed E-state index contributed by atoms with van der Waals surface area (Å²) in [6.45, 7) is -4.15. The molecule has 126 valence electrons. The average molecular weight is 354 g/mol. The Kier molecular flexibility index (Phi) is 6.21. The van der Waals surface area contributed by atoms with Crippen molar-refractivity contribution in [2.24, 2.45) is 0 Å². The zero-order valence-corrected chi connectivity index (χ0v) is 10.7. The van der Waals surface area contributed by atoms with Gasteiger partial charge in [-0.2, -0.15) is 4.21 Å². The van der Waals surface area contributed by atoms with Gasteiger partial charge in [0.05, 0.1) is 0 Å². The monoisotopic (exact) mass is 354 g/mol. The van der Waals surface area contributed by atoms with Gasteiger partial charge in [0.1, 0.15) is 19.7 Å². The van der Waals surface area contributed by atoms with Crippen LogP contribution in [0.25, 0.3) is 0 Å². The molecule has 0 aliphatic rings. The number of nitro groups is 4. The number of alkyl halides is 2. The Morgan fingerprint density at radius 2 is 1.00 bits per heavy atom. The predicted octanol–water partition coefficient (Wildman–Crippen LogP) is -1.05. The molecule has 0 atom stereocenters. The smallest absolute Gasteiger partial charge is 0.256 e. The van der Waals surface area contributed by atoms with Gasteiger partial charge in [0.15, 0.2) is 0 Å². The van der Waals surface area contributed by atoms with E-state index in [1.807, 2.05) is 0 Å². The molecule has 0 N–H and O–H groups in total. The van der Waals surface area contributed by atoms with Crippen molar-refractivity contribution in [3.63, 3.8) is 0 Å². The van der Waals surface area contributed by atoms with Gasteiger partial charge >= 0.3 is 23.2 Å². The molecule has 0 heterocycles. The largest absolute Gasteiger partial charge is 0.639 e. The van der Waals surface area contributed by atoms with E-state index in [1.165, 1.54) is 0 Å². The highest BCUT2D eigenvalue weighted by Crippen LogP contribution is 2.17. The third-order valence-corrected chi connectivity index (χ3v) is 2.42. The van der Waals surface area contributed by atoms with E-state index in [0.29, 0.717) is 0 Å². The third kappa shape index (κ3) is 4.26. The Morgan fingerprint density at radius 1 is 0.773 bits per heavy atom. The highest BCUT2D eigenvalue weighted by molar-refractivity contribution is 7.75. The fourth-order valence-corrected chi connectivity index (χ4v) is 1.18. The molecule has 0 spiro atoms. The third-order valence-electron chi connectivity index (χ3n) is 1.80. The number of hydrogen-bond acceptors (Lipinski definition) is 11. The normalized spacial score (nSPS) is 12.1. The van der Waals surface area contributed by atoms with Crippen molar-refractivity contribution in [1.82, 2.24) is 0 Å². The van der Waals surface area contributed by atoms with Gasteiger partial charge in [0.25, 0.3) is 0 Å². The molecule has 0 aliphatic heterocycles. The van der Waals surface area contributed by atoms with Crippen LogP contribution in [0.2, 0.25) is 0 Å². The molecule has 15 nitrogen and oxygen atoms in total. The van der Waals surface area contributed by atoms with Gasteiger partial charge in [-0.05, 0) is 0 Å². The van der Waals surface area contributed by atoms with Gasteiger partial charge in [0.2, 0.25) is 13.2 Å². The van der Waals surface area contributed by atoms with E-state index in [-0.39, 0.29) is 0 Å². The lowest BCUT2D eigenvalue weighted by Crippen LogP contribution is -2.47. The first-order chi connectivity index (χ1) is 9.87. The van der Waals surface area contributed by atoms with Crippen LogP contribution >= 0.6 is 0 Å². The average Bonchev–Trinajstić information content (AvgIpc) is 2.40. The zero-order valence-electron chi connectivity index (χ0n) is 9.86. The Morgan fingerprint density at radius 3 is 1.18 bits per heavy atom. The molecule has 0 rings (SSSR count). The molecule has 0 aromatic heterocycles. The second kappa shape index (κ2) is 7.00. The molecule has 18 heteroatoms. The van der Waals surface area contributed by atoms with Crippen molar-refractivity contribution >= 4 is 11.4 Å². The van der Waals surface area contributed by atoms with Gasteiger partial charge in [-0.25, -0.2) is 8.37 Å². The summed E-state index contributed by atoms with van der Waals surface area (Å²) in [6.07, 6.45) is 0. The molecular weight excluding hydrogens is 350 g/mol. The van der Waals surface area contributed by atoms with Crippen molar-refractivity contribution < 1.29 is 41.0 Å². The van der Waals surface area contributed by atoms with Crippen molar-refractivity contribution in [1.29, 1.82) is 0 Å². The van der Waals surface area contributed by atoms with E-state index in [1.54, 1.807) is 0 Å². The molecule has 0 saturated heterocycles. The number of halogens is 2. The first-order valence-electron chi connectivity index (χ1n) is 4.52. The minimum Gasteiger partial charge on any atom is -0.256 e. The molecule has 0 unspecified atom stereocenters. The van der Waals surface area contributed by atoms with Crippen LogP contribution in [-0.2, 0) is 19.7 Å². The fourth-order valence-electron chi connectivity index (χ4n) is 0.624. The van der Waals surface area contributed by atoms with Crippen molar-refractivity contribution in [3.05, 3.63) is 40.5 Å². The van der Waals surface area contributed by atoms with Gasteiger partial charge in [-0.1, -0.05) is 8.78 Å². The lowest BCUT2D eigenvalue weighted by atomic mass is 10.5. The Balaban J connectivity index is 4.72. The first kappa shape index (κ1) is 19.5. The SMILES string of the molecule is O=[N+]([O-])C(F)(COS(=O)OCC(F)([N+](=O)[O-])[N+](=O)[O-])[N+](=O)[O-]. The molecule has 0 aliphatic carbocycles. The van der Waals surface area contributed by atoms with E-state index < -0.39 is 56.1 Å². The van der Waals surface area contributed by atoms with Crippen LogP contribution in [0.1, 0.15) is 0 Å². The minimum atomic E-state index is -4.42. The summed E-state index contributed by atoms with van der Waals surface area (Å²) >= 11 is -3.38. The summed E-state index contributed by atoms with van der Waals surface area (Å²) in [6, 6.07) is 0. The molecule has 0 amide bonds. The Bertz CT molecular complexity index is 454. The maximum Gasteiger partial charge on any atom is 0.639 e. The van der Waals surface area contributed by atoms with E-state index in [0.717, 1.165) is 0 Å². The molecule has 0 aromatic carbocycles. The lowest BCUT2D eigenvalue weighted by Gasteiger charge is -2.09. The van der Waals surface area contributed by atoms with E-state index in [4.69, 9.17) is 0 Å². The second-order valence-corrected chi connectivity index (χ2v) is 4.07. The molecule has 0 bridgehead atoms. The van der Waals surface area contributed by atoms with Gasteiger partial charge in [0, 0.05) is 0 Å². The van der Waals surface area contributed by atoms with Crippen LogP contribution in [0, 0.1) is 40.5 Å². The molecule has 0 fully saturated rings. The van der Waals surface area contributed by atoms with Gasteiger partial charge in [-0.15, -0.1) is 0 Å². The van der Waals surface area contributed by atoms with Crippen LogP contribution < -0.4 is 0 Å². The van der Waals surface area contributed by atoms with E-state index in [9.17, 15) is 53.4 Å². The molecule has 0 saturated carbocycles. The molecular formula is C4H4F2N4O11S. The topological polar surface area (TPSA) is 208 Å². The highest BCUT2D eigenvalue weighted by atomic mass is 32.2. The van der Waals surface area contributed by atoms with E-state index in [2.05, 4.69) is 8.37 Å². The number of nitrogens with zero attached hydrogens (tertiary/aromatic N) is 4. The summed E-state index contributed by atoms with van der Waals surface area (Å²) in [5, 5.41) is 40.4. The zero-order chi connectivity index (χ0) is 17.7. The van der Waals surface area contributed by atoms with Crippen LogP contribution in [0.15, 0.2) is 0 Å². The first-order valence-corrected chi connectivity index (χ1v) is 5.52. The van der Waals surface area contributed by atoms with Crippen molar-refractivity contribution in [2.45, 2.75) is 11.8 Å². The van der Waals surface area contributed by atoms with Gasteiger partial charge in [-0.3, -0.25) is 40.5 Å². The number of rotatable bonds is 10. The summed E-state index contributed by atoms with van der Waals surface area (Å²) in [4.78, 5) is 32.2. The summed E-state index contributed by atoms with van der Waals surface area (Å²) < 4.78 is 44.4. The van der Waals surface area contributed by atoms with Crippen LogP contribution in [0.3, 0.4) is 0 Å². The number of hydrogen-bond donors (Lipinski definition) is 0. The predicted molar refractivity (Wildman–Crippen MR) is 55.7 cm³/mol. The standard InChI is InChI=1S/C4H4F2N4O11S/c5-3(7(11)12,8(13)14)1-20-22(19)21-2-4(6,9(15)16)10(17)18/h1-2H2. The second-order valence-electron chi connectivity index (χ2n) is 3.19. The van der Waals surface area contributed by atoms with Crippen LogP contribution in [-0.4, -0.2) is 48.9 Å². The van der Waals surface area contributed by atoms with Crippen LogP contribution in [0.4, 0.5) is 8.78 Å². The highest BCUT2D eigenvalue weighted by Gasteiger charge is 2.61. The molecule has 0 radical (unpaired) electrons. The summed E-state index contributed by atoms with van der Waals surface area (Å²) in [5.41, 5.74) is 0. The van der Waals surface area contributed by atoms with Gasteiger partial charge < -0.3 is 0 Å². The fraction of sp³-hybridized carbons (Fsp3) is 1.00. The van der Waals surface area contributed by atoms with Crippen LogP contribution in [0.5, 0.6) is 0 Å². The van der Waals surface area contributed by atoms with Crippen molar-refractivity contribution in [3.8, 4) is 0 Å². The summed E-state index contributed by atoms with van der Waals surface area (Å²) in [7, 11) is 0. The van der Waals surface area contributed by atoms with Crippen molar-refractivity contribution in [2.75, 3.05) is 13.2 Å². The maximum atomic E-state index is 13.1. The van der Waals surface area contributed by atoms with E-state index >= 15 is 0 Å². The Hall–Kier alpha value is -2.47. The Labute approximate surface area is 119 Å². The quantitative estimate of drug-likeness (QED) is 0.200. The minimum absolute atomic E-state index is 2.04.